The number of hydrogen-bond acceptors (Lipinski definition) is 2. The van der Waals surface area contributed by atoms with Gasteiger partial charge in [0, 0.05) is 22.1 Å². The van der Waals surface area contributed by atoms with Crippen molar-refractivity contribution in [3.63, 3.8) is 0 Å². The van der Waals surface area contributed by atoms with Gasteiger partial charge in [0.25, 0.3) is 5.91 Å². The third kappa shape index (κ3) is 4.91. The van der Waals surface area contributed by atoms with Crippen LogP contribution in [0, 0.1) is 0 Å². The topological polar surface area (TPSA) is 74.0 Å². The van der Waals surface area contributed by atoms with Crippen molar-refractivity contribution in [1.29, 1.82) is 0 Å². The summed E-state index contributed by atoms with van der Waals surface area (Å²) in [7, 11) is 0. The van der Waals surface area contributed by atoms with Gasteiger partial charge in [-0.05, 0) is 46.1 Å². The molecule has 0 bridgehead atoms. The lowest BCUT2D eigenvalue weighted by Crippen LogP contribution is -2.41. The van der Waals surface area contributed by atoms with E-state index in [1.54, 1.807) is 24.4 Å². The smallest absolute Gasteiger partial charge is 0.286 e. The van der Waals surface area contributed by atoms with Gasteiger partial charge >= 0.3 is 0 Å². The van der Waals surface area contributed by atoms with E-state index in [1.165, 1.54) is 0 Å². The summed E-state index contributed by atoms with van der Waals surface area (Å²) >= 11 is 9.01. The predicted molar refractivity (Wildman–Crippen MR) is 83.9 cm³/mol. The van der Waals surface area contributed by atoms with Gasteiger partial charge in [-0.3, -0.25) is 20.4 Å². The molecule has 7 heteroatoms. The number of carbonyl (C=O) groups is 2. The average Bonchev–Trinajstić information content (AvgIpc) is 2.91. The lowest BCUT2D eigenvalue weighted by Gasteiger charge is -2.06. The molecule has 1 heterocycles. The molecule has 5 nitrogen and oxygen atoms in total. The van der Waals surface area contributed by atoms with Crippen LogP contribution in [0.3, 0.4) is 0 Å². The third-order valence-electron chi connectivity index (χ3n) is 2.76. The maximum atomic E-state index is 11.7. The van der Waals surface area contributed by atoms with Gasteiger partial charge in [-0.2, -0.15) is 0 Å². The van der Waals surface area contributed by atoms with E-state index in [0.29, 0.717) is 17.1 Å². The van der Waals surface area contributed by atoms with Gasteiger partial charge < -0.3 is 4.98 Å². The molecule has 0 saturated heterocycles. The monoisotopic (exact) mass is 369 g/mol. The first-order valence-corrected chi connectivity index (χ1v) is 7.39. The largest absolute Gasteiger partial charge is 0.356 e. The molecule has 0 aliphatic heterocycles. The minimum absolute atomic E-state index is 0.260. The van der Waals surface area contributed by atoms with E-state index in [2.05, 4.69) is 31.8 Å². The molecule has 0 aliphatic carbocycles. The number of amides is 2. The van der Waals surface area contributed by atoms with Crippen molar-refractivity contribution >= 4 is 39.3 Å². The Morgan fingerprint density at radius 1 is 1.19 bits per heavy atom. The lowest BCUT2D eigenvalue weighted by atomic mass is 10.1. The number of carbonyl (C=O) groups excluding carboxylic acids is 2. The van der Waals surface area contributed by atoms with Gasteiger partial charge in [-0.1, -0.05) is 23.7 Å². The molecule has 0 spiro atoms. The highest BCUT2D eigenvalue weighted by atomic mass is 79.9. The van der Waals surface area contributed by atoms with Crippen molar-refractivity contribution in [3.8, 4) is 0 Å². The number of aromatic amines is 1. The SMILES string of the molecule is O=C(CCc1ccc(Cl)cc1)NNC(=O)c1cc(Br)c[nH]1. The Bertz CT molecular complexity index is 640. The second kappa shape index (κ2) is 7.28. The van der Waals surface area contributed by atoms with Gasteiger partial charge in [0.15, 0.2) is 0 Å². The zero-order valence-corrected chi connectivity index (χ0v) is 13.3. The van der Waals surface area contributed by atoms with Crippen molar-refractivity contribution in [3.05, 3.63) is 57.3 Å². The first-order chi connectivity index (χ1) is 10.0. The van der Waals surface area contributed by atoms with Crippen LogP contribution in [0.25, 0.3) is 0 Å². The highest BCUT2D eigenvalue weighted by molar-refractivity contribution is 9.10. The van der Waals surface area contributed by atoms with E-state index in [1.807, 2.05) is 12.1 Å². The number of nitrogens with one attached hydrogen (secondary N) is 3. The number of aromatic nitrogens is 1. The zero-order valence-electron chi connectivity index (χ0n) is 11.0. The van der Waals surface area contributed by atoms with Crippen LogP contribution >= 0.6 is 27.5 Å². The van der Waals surface area contributed by atoms with Crippen LogP contribution in [0.4, 0.5) is 0 Å². The molecular weight excluding hydrogens is 358 g/mol. The predicted octanol–water partition coefficient (Wildman–Crippen LogP) is 2.82. The molecule has 2 aromatic rings. The fourth-order valence-electron chi connectivity index (χ4n) is 1.66. The molecule has 1 aromatic heterocycles. The molecule has 0 saturated carbocycles. The maximum absolute atomic E-state index is 11.7. The van der Waals surface area contributed by atoms with Gasteiger partial charge in [-0.15, -0.1) is 0 Å². The summed E-state index contributed by atoms with van der Waals surface area (Å²) in [6.07, 6.45) is 2.49. The summed E-state index contributed by atoms with van der Waals surface area (Å²) in [5, 5.41) is 0.660. The van der Waals surface area contributed by atoms with Crippen LogP contribution in [0.5, 0.6) is 0 Å². The molecule has 0 unspecified atom stereocenters. The number of aryl methyl sites for hydroxylation is 1. The highest BCUT2D eigenvalue weighted by Gasteiger charge is 2.09. The maximum Gasteiger partial charge on any atom is 0.286 e. The molecule has 110 valence electrons. The Balaban J connectivity index is 1.74. The van der Waals surface area contributed by atoms with Crippen molar-refractivity contribution in [1.82, 2.24) is 15.8 Å². The van der Waals surface area contributed by atoms with E-state index >= 15 is 0 Å². The molecule has 1 aromatic carbocycles. The molecule has 2 rings (SSSR count). The van der Waals surface area contributed by atoms with Crippen LogP contribution in [-0.4, -0.2) is 16.8 Å². The van der Waals surface area contributed by atoms with Gasteiger partial charge in [0.1, 0.15) is 5.69 Å². The van der Waals surface area contributed by atoms with Crippen molar-refractivity contribution in [2.75, 3.05) is 0 Å². The van der Waals surface area contributed by atoms with E-state index in [-0.39, 0.29) is 12.3 Å². The number of H-pyrrole nitrogens is 1. The second-order valence-electron chi connectivity index (χ2n) is 4.36. The summed E-state index contributed by atoms with van der Waals surface area (Å²) < 4.78 is 0.765. The Kier molecular flexibility index (Phi) is 5.41. The molecule has 21 heavy (non-hydrogen) atoms. The number of rotatable bonds is 4. The van der Waals surface area contributed by atoms with E-state index < -0.39 is 5.91 Å². The minimum Gasteiger partial charge on any atom is -0.356 e. The number of halogens is 2. The molecular formula is C14H13BrClN3O2. The standard InChI is InChI=1S/C14H13BrClN3O2/c15-10-7-12(17-8-10)14(21)19-18-13(20)6-3-9-1-4-11(16)5-2-9/h1-2,4-5,7-8,17H,3,6H2,(H,18,20)(H,19,21). The molecule has 0 aliphatic rings. The number of hydrazine groups is 1. The molecule has 0 fully saturated rings. The number of hydrogen-bond donors (Lipinski definition) is 3. The Morgan fingerprint density at radius 3 is 2.52 bits per heavy atom. The van der Waals surface area contributed by atoms with E-state index in [9.17, 15) is 9.59 Å². The Morgan fingerprint density at radius 2 is 1.90 bits per heavy atom. The van der Waals surface area contributed by atoms with Crippen molar-refractivity contribution in [2.45, 2.75) is 12.8 Å². The zero-order chi connectivity index (χ0) is 15.2. The first kappa shape index (κ1) is 15.6. The molecule has 0 radical (unpaired) electrons. The highest BCUT2D eigenvalue weighted by Crippen LogP contribution is 2.11. The average molecular weight is 371 g/mol. The second-order valence-corrected chi connectivity index (χ2v) is 5.71. The normalized spacial score (nSPS) is 10.2. The third-order valence-corrected chi connectivity index (χ3v) is 3.47. The summed E-state index contributed by atoms with van der Waals surface area (Å²) in [4.78, 5) is 26.1. The Hall–Kier alpha value is -1.79. The summed E-state index contributed by atoms with van der Waals surface area (Å²) in [5.74, 6) is -0.663. The fraction of sp³-hybridized carbons (Fsp3) is 0.143. The van der Waals surface area contributed by atoms with Gasteiger partial charge in [-0.25, -0.2) is 0 Å². The van der Waals surface area contributed by atoms with Crippen molar-refractivity contribution < 1.29 is 9.59 Å². The van der Waals surface area contributed by atoms with Crippen LogP contribution in [0.15, 0.2) is 41.0 Å². The van der Waals surface area contributed by atoms with Gasteiger partial charge in [0.05, 0.1) is 0 Å². The summed E-state index contributed by atoms with van der Waals surface area (Å²) in [5.41, 5.74) is 6.09. The van der Waals surface area contributed by atoms with Crippen LogP contribution in [0.1, 0.15) is 22.5 Å². The van der Waals surface area contributed by atoms with E-state index in [0.717, 1.165) is 10.0 Å². The van der Waals surface area contributed by atoms with Gasteiger partial charge in [0.2, 0.25) is 5.91 Å². The van der Waals surface area contributed by atoms with Crippen LogP contribution in [-0.2, 0) is 11.2 Å². The summed E-state index contributed by atoms with van der Waals surface area (Å²) in [6, 6.07) is 8.91. The quantitative estimate of drug-likeness (QED) is 0.724. The molecule has 0 atom stereocenters. The molecule has 2 amide bonds. The minimum atomic E-state index is -0.402. The molecule has 3 N–H and O–H groups in total. The number of benzene rings is 1. The summed E-state index contributed by atoms with van der Waals surface area (Å²) in [6.45, 7) is 0. The lowest BCUT2D eigenvalue weighted by molar-refractivity contribution is -0.121. The van der Waals surface area contributed by atoms with E-state index in [4.69, 9.17) is 11.6 Å². The van der Waals surface area contributed by atoms with Crippen molar-refractivity contribution in [2.24, 2.45) is 0 Å². The van der Waals surface area contributed by atoms with Crippen LogP contribution in [0.2, 0.25) is 5.02 Å². The first-order valence-electron chi connectivity index (χ1n) is 6.22. The van der Waals surface area contributed by atoms with Crippen LogP contribution < -0.4 is 10.9 Å². The Labute approximate surface area is 135 Å². The fourth-order valence-corrected chi connectivity index (χ4v) is 2.13.